The van der Waals surface area contributed by atoms with E-state index in [1.54, 1.807) is 7.05 Å². The number of hydrogen-bond donors (Lipinski definition) is 0. The Bertz CT molecular complexity index is 364. The molecule has 0 aliphatic carbocycles. The molecular weight excluding hydrogens is 190 g/mol. The van der Waals surface area contributed by atoms with Crippen molar-refractivity contribution in [1.29, 1.82) is 0 Å². The first-order chi connectivity index (χ1) is 5.90. The smallest absolute Gasteiger partial charge is 0.260 e. The highest BCUT2D eigenvalue weighted by Crippen LogP contribution is 2.20. The van der Waals surface area contributed by atoms with Crippen LogP contribution in [-0.4, -0.2) is 14.3 Å². The second-order valence-electron chi connectivity index (χ2n) is 3.68. The van der Waals surface area contributed by atoms with Crippen LogP contribution >= 0.6 is 11.6 Å². The van der Waals surface area contributed by atoms with Gasteiger partial charge in [-0.1, -0.05) is 6.92 Å². The van der Waals surface area contributed by atoms with E-state index >= 15 is 0 Å². The maximum Gasteiger partial charge on any atom is 0.347 e. The van der Waals surface area contributed by atoms with E-state index in [-0.39, 0.29) is 16.5 Å². The molecule has 0 atom stereocenters. The van der Waals surface area contributed by atoms with Crippen LogP contribution in [0.4, 0.5) is 0 Å². The fourth-order valence-electron chi connectivity index (χ4n) is 1.10. The molecule has 0 spiro atoms. The predicted molar refractivity (Wildman–Crippen MR) is 52.1 cm³/mol. The molecule has 0 fully saturated rings. The van der Waals surface area contributed by atoms with Crippen LogP contribution in [0.2, 0.25) is 5.28 Å². The van der Waals surface area contributed by atoms with Gasteiger partial charge in [0, 0.05) is 12.6 Å². The summed E-state index contributed by atoms with van der Waals surface area (Å²) in [6, 6.07) is 0. The maximum absolute atomic E-state index is 11.6. The van der Waals surface area contributed by atoms with Gasteiger partial charge in [0.05, 0.1) is 0 Å². The van der Waals surface area contributed by atoms with E-state index in [0.717, 1.165) is 6.42 Å². The maximum atomic E-state index is 11.6. The first kappa shape index (κ1) is 10.3. The third kappa shape index (κ3) is 1.63. The van der Waals surface area contributed by atoms with Crippen LogP contribution in [0.3, 0.4) is 0 Å². The molecule has 0 amide bonds. The molecule has 0 aliphatic heterocycles. The second-order valence-corrected chi connectivity index (χ2v) is 4.01. The molecule has 13 heavy (non-hydrogen) atoms. The number of aromatic nitrogens is 3. The summed E-state index contributed by atoms with van der Waals surface area (Å²) >= 11 is 5.84. The normalized spacial score (nSPS) is 12.1. The fourth-order valence-corrected chi connectivity index (χ4v) is 1.52. The van der Waals surface area contributed by atoms with Crippen LogP contribution in [0, 0.1) is 0 Å². The van der Waals surface area contributed by atoms with E-state index in [0.29, 0.717) is 0 Å². The highest BCUT2D eigenvalue weighted by molar-refractivity contribution is 6.28. The third-order valence-electron chi connectivity index (χ3n) is 2.36. The van der Waals surface area contributed by atoms with Gasteiger partial charge in [0.25, 0.3) is 0 Å². The van der Waals surface area contributed by atoms with Gasteiger partial charge in [0.1, 0.15) is 0 Å². The van der Waals surface area contributed by atoms with Gasteiger partial charge in [0.2, 0.25) is 5.28 Å². The van der Waals surface area contributed by atoms with E-state index in [4.69, 9.17) is 11.6 Å². The topological polar surface area (TPSA) is 39.8 Å². The highest BCUT2D eigenvalue weighted by atomic mass is 35.5. The minimum Gasteiger partial charge on any atom is -0.260 e. The van der Waals surface area contributed by atoms with Gasteiger partial charge >= 0.3 is 5.69 Å². The lowest BCUT2D eigenvalue weighted by Gasteiger charge is -2.23. The Morgan fingerprint density at radius 3 is 2.38 bits per heavy atom. The van der Waals surface area contributed by atoms with Crippen molar-refractivity contribution in [3.8, 4) is 0 Å². The number of hydrogen-bond acceptors (Lipinski definition) is 2. The van der Waals surface area contributed by atoms with Gasteiger partial charge in [-0.15, -0.1) is 5.10 Å². The lowest BCUT2D eigenvalue weighted by molar-refractivity contribution is 0.330. The Morgan fingerprint density at radius 2 is 2.08 bits per heavy atom. The minimum absolute atomic E-state index is 0.170. The molecule has 1 rings (SSSR count). The zero-order valence-corrected chi connectivity index (χ0v) is 9.09. The molecule has 4 nitrogen and oxygen atoms in total. The highest BCUT2D eigenvalue weighted by Gasteiger charge is 2.24. The van der Waals surface area contributed by atoms with E-state index in [9.17, 15) is 4.79 Å². The monoisotopic (exact) mass is 203 g/mol. The van der Waals surface area contributed by atoms with Crippen LogP contribution in [0.25, 0.3) is 0 Å². The molecule has 1 aromatic rings. The van der Waals surface area contributed by atoms with Gasteiger partial charge in [0.15, 0.2) is 0 Å². The van der Waals surface area contributed by atoms with Gasteiger partial charge in [-0.25, -0.2) is 9.48 Å². The molecule has 0 aliphatic rings. The van der Waals surface area contributed by atoms with Gasteiger partial charge in [-0.05, 0) is 31.9 Å². The first-order valence-electron chi connectivity index (χ1n) is 4.22. The predicted octanol–water partition coefficient (Wildman–Crippen LogP) is 1.38. The Balaban J connectivity index is 3.37. The molecule has 0 saturated carbocycles. The molecule has 0 radical (unpaired) electrons. The van der Waals surface area contributed by atoms with E-state index in [1.807, 2.05) is 20.8 Å². The number of halogens is 1. The summed E-state index contributed by atoms with van der Waals surface area (Å²) in [5, 5.41) is 4.11. The summed E-state index contributed by atoms with van der Waals surface area (Å²) in [6.45, 7) is 5.93. The van der Waals surface area contributed by atoms with Crippen LogP contribution in [0.15, 0.2) is 4.79 Å². The Labute approximate surface area is 82.1 Å². The quantitative estimate of drug-likeness (QED) is 0.729. The van der Waals surface area contributed by atoms with Gasteiger partial charge in [-0.3, -0.25) is 4.57 Å². The average molecular weight is 204 g/mol. The van der Waals surface area contributed by atoms with Crippen LogP contribution in [0.1, 0.15) is 27.2 Å². The van der Waals surface area contributed by atoms with Crippen LogP contribution in [-0.2, 0) is 12.6 Å². The standard InChI is InChI=1S/C8H14ClN3O/c1-5-8(2,3)12-6(9)10-11(4)7(12)13/h5H2,1-4H3. The molecule has 0 aromatic carbocycles. The zero-order chi connectivity index (χ0) is 10.2. The summed E-state index contributed by atoms with van der Waals surface area (Å²) < 4.78 is 2.76. The van der Waals surface area contributed by atoms with Crippen molar-refractivity contribution in [2.24, 2.45) is 7.05 Å². The molecule has 1 heterocycles. The number of nitrogens with zero attached hydrogens (tertiary/aromatic N) is 3. The number of aryl methyl sites for hydroxylation is 1. The lowest BCUT2D eigenvalue weighted by Crippen LogP contribution is -2.36. The third-order valence-corrected chi connectivity index (χ3v) is 2.60. The molecular formula is C8H14ClN3O. The molecule has 1 aromatic heterocycles. The second kappa shape index (κ2) is 3.18. The van der Waals surface area contributed by atoms with Gasteiger partial charge in [-0.2, -0.15) is 0 Å². The largest absolute Gasteiger partial charge is 0.347 e. The lowest BCUT2D eigenvalue weighted by atomic mass is 10.0. The van der Waals surface area contributed by atoms with E-state index in [2.05, 4.69) is 5.10 Å². The van der Waals surface area contributed by atoms with Gasteiger partial charge < -0.3 is 0 Å². The first-order valence-corrected chi connectivity index (χ1v) is 4.60. The molecule has 0 N–H and O–H groups in total. The molecule has 74 valence electrons. The zero-order valence-electron chi connectivity index (χ0n) is 8.33. The Morgan fingerprint density at radius 1 is 1.54 bits per heavy atom. The number of rotatable bonds is 2. The summed E-state index contributed by atoms with van der Waals surface area (Å²) in [5.41, 5.74) is -0.445. The van der Waals surface area contributed by atoms with Crippen LogP contribution in [0.5, 0.6) is 0 Å². The SMILES string of the molecule is CCC(C)(C)n1c(Cl)nn(C)c1=O. The summed E-state index contributed by atoms with van der Waals surface area (Å²) in [7, 11) is 1.59. The summed E-state index contributed by atoms with van der Waals surface area (Å²) in [6.07, 6.45) is 0.832. The van der Waals surface area contributed by atoms with Crippen molar-refractivity contribution in [3.63, 3.8) is 0 Å². The molecule has 0 bridgehead atoms. The van der Waals surface area contributed by atoms with Crippen LogP contribution < -0.4 is 5.69 Å². The van der Waals surface area contributed by atoms with Crippen molar-refractivity contribution >= 4 is 11.6 Å². The van der Waals surface area contributed by atoms with Crippen molar-refractivity contribution in [2.75, 3.05) is 0 Å². The molecule has 0 unspecified atom stereocenters. The van der Waals surface area contributed by atoms with Crippen molar-refractivity contribution in [2.45, 2.75) is 32.7 Å². The van der Waals surface area contributed by atoms with Crippen molar-refractivity contribution in [3.05, 3.63) is 15.8 Å². The van der Waals surface area contributed by atoms with Crippen molar-refractivity contribution < 1.29 is 0 Å². The van der Waals surface area contributed by atoms with E-state index < -0.39 is 0 Å². The molecule has 5 heteroatoms. The Kier molecular flexibility index (Phi) is 2.52. The fraction of sp³-hybridized carbons (Fsp3) is 0.750. The Hall–Kier alpha value is -0.770. The summed E-state index contributed by atoms with van der Waals surface area (Å²) in [5.74, 6) is 0. The van der Waals surface area contributed by atoms with Crippen molar-refractivity contribution in [1.82, 2.24) is 14.3 Å². The summed E-state index contributed by atoms with van der Waals surface area (Å²) in [4.78, 5) is 11.6. The minimum atomic E-state index is -0.275. The molecule has 0 saturated heterocycles. The van der Waals surface area contributed by atoms with E-state index in [1.165, 1.54) is 9.25 Å². The average Bonchev–Trinajstić information content (AvgIpc) is 2.27.